The van der Waals surface area contributed by atoms with Crippen molar-refractivity contribution in [2.24, 2.45) is 0 Å². The lowest BCUT2D eigenvalue weighted by Crippen LogP contribution is -2.26. The summed E-state index contributed by atoms with van der Waals surface area (Å²) in [5.74, 6) is 2.49. The van der Waals surface area contributed by atoms with Crippen molar-refractivity contribution in [3.63, 3.8) is 0 Å². The molecule has 0 aliphatic rings. The number of unbranched alkanes of at least 4 members (excludes halogenated alkanes) is 1. The number of nitrogens with one attached hydrogen (secondary N) is 1. The van der Waals surface area contributed by atoms with Crippen LogP contribution >= 0.6 is 0 Å². The number of hydrogen-bond donors (Lipinski definition) is 1. The van der Waals surface area contributed by atoms with Crippen LogP contribution in [-0.4, -0.2) is 19.2 Å². The first-order chi connectivity index (χ1) is 11.3. The lowest BCUT2D eigenvalue weighted by Gasteiger charge is -2.11. The van der Waals surface area contributed by atoms with Gasteiger partial charge < -0.3 is 14.8 Å². The molecule has 3 heteroatoms. The summed E-state index contributed by atoms with van der Waals surface area (Å²) in [6.07, 6.45) is 3.35. The van der Waals surface area contributed by atoms with Gasteiger partial charge in [-0.3, -0.25) is 0 Å². The Kier molecular flexibility index (Phi) is 7.47. The van der Waals surface area contributed by atoms with E-state index in [4.69, 9.17) is 9.47 Å². The lowest BCUT2D eigenvalue weighted by atomic mass is 10.2. The summed E-state index contributed by atoms with van der Waals surface area (Å²) in [5, 5.41) is 3.49. The van der Waals surface area contributed by atoms with Gasteiger partial charge in [-0.05, 0) is 57.0 Å². The second-order valence-electron chi connectivity index (χ2n) is 5.71. The minimum atomic E-state index is 0.600. The average Bonchev–Trinajstić information content (AvgIpc) is 2.59. The zero-order valence-corrected chi connectivity index (χ0v) is 14.1. The van der Waals surface area contributed by atoms with E-state index in [-0.39, 0.29) is 0 Å². The molecule has 0 radical (unpaired) electrons. The monoisotopic (exact) mass is 313 g/mol. The summed E-state index contributed by atoms with van der Waals surface area (Å²) in [6, 6.07) is 18.2. The Bertz CT molecular complexity index is 557. The normalized spacial score (nSPS) is 11.9. The van der Waals surface area contributed by atoms with E-state index in [0.29, 0.717) is 6.04 Å². The highest BCUT2D eigenvalue weighted by Gasteiger charge is 2.00. The fourth-order valence-corrected chi connectivity index (χ4v) is 2.16. The molecule has 1 atom stereocenters. The molecule has 0 heterocycles. The Morgan fingerprint density at radius 1 is 0.913 bits per heavy atom. The maximum absolute atomic E-state index is 5.81. The Balaban J connectivity index is 1.71. The minimum Gasteiger partial charge on any atom is -0.493 e. The number of rotatable bonds is 10. The summed E-state index contributed by atoms with van der Waals surface area (Å²) in [5.41, 5.74) is 0. The topological polar surface area (TPSA) is 30.5 Å². The largest absolute Gasteiger partial charge is 0.493 e. The van der Waals surface area contributed by atoms with Crippen molar-refractivity contribution in [1.29, 1.82) is 0 Å². The van der Waals surface area contributed by atoms with Gasteiger partial charge in [-0.2, -0.15) is 0 Å². The molecule has 0 saturated carbocycles. The van der Waals surface area contributed by atoms with Crippen molar-refractivity contribution in [2.45, 2.75) is 39.2 Å². The molecule has 2 rings (SSSR count). The molecule has 0 aliphatic carbocycles. The average molecular weight is 313 g/mol. The van der Waals surface area contributed by atoms with Crippen molar-refractivity contribution in [1.82, 2.24) is 5.32 Å². The molecule has 3 nitrogen and oxygen atoms in total. The van der Waals surface area contributed by atoms with Crippen molar-refractivity contribution < 1.29 is 9.47 Å². The highest BCUT2D eigenvalue weighted by Crippen LogP contribution is 2.25. The molecule has 2 aromatic carbocycles. The molecule has 0 bridgehead atoms. The minimum absolute atomic E-state index is 0.600. The molecule has 2 aromatic rings. The third kappa shape index (κ3) is 6.74. The zero-order valence-electron chi connectivity index (χ0n) is 14.1. The summed E-state index contributed by atoms with van der Waals surface area (Å²) in [4.78, 5) is 0. The molecule has 23 heavy (non-hydrogen) atoms. The predicted molar refractivity (Wildman–Crippen MR) is 95.4 cm³/mol. The van der Waals surface area contributed by atoms with Crippen LogP contribution in [0.4, 0.5) is 0 Å². The first-order valence-electron chi connectivity index (χ1n) is 8.47. The highest BCUT2D eigenvalue weighted by atomic mass is 16.5. The summed E-state index contributed by atoms with van der Waals surface area (Å²) in [7, 11) is 0. The Morgan fingerprint density at radius 2 is 1.65 bits per heavy atom. The number of para-hydroxylation sites is 1. The number of ether oxygens (including phenoxy) is 2. The Hall–Kier alpha value is -2.00. The van der Waals surface area contributed by atoms with Crippen LogP contribution in [0.15, 0.2) is 54.6 Å². The third-order valence-electron chi connectivity index (χ3n) is 3.73. The molecule has 0 spiro atoms. The molecule has 1 unspecified atom stereocenters. The van der Waals surface area contributed by atoms with E-state index in [9.17, 15) is 0 Å². The molecule has 0 aliphatic heterocycles. The smallest absolute Gasteiger partial charge is 0.131 e. The van der Waals surface area contributed by atoms with Gasteiger partial charge in [0.2, 0.25) is 0 Å². The molecule has 0 fully saturated rings. The predicted octanol–water partition coefficient (Wildman–Crippen LogP) is 5.03. The fraction of sp³-hybridized carbons (Fsp3) is 0.400. The van der Waals surface area contributed by atoms with Crippen molar-refractivity contribution in [3.8, 4) is 17.2 Å². The van der Waals surface area contributed by atoms with Crippen molar-refractivity contribution >= 4 is 0 Å². The van der Waals surface area contributed by atoms with Gasteiger partial charge in [0, 0.05) is 12.1 Å². The number of hydrogen-bond acceptors (Lipinski definition) is 3. The van der Waals surface area contributed by atoms with Crippen LogP contribution in [0.25, 0.3) is 0 Å². The van der Waals surface area contributed by atoms with Crippen LogP contribution < -0.4 is 14.8 Å². The van der Waals surface area contributed by atoms with E-state index in [1.54, 1.807) is 0 Å². The second-order valence-corrected chi connectivity index (χ2v) is 5.71. The lowest BCUT2D eigenvalue weighted by molar-refractivity contribution is 0.303. The van der Waals surface area contributed by atoms with Crippen LogP contribution in [0.3, 0.4) is 0 Å². The maximum atomic E-state index is 5.81. The maximum Gasteiger partial charge on any atom is 0.131 e. The molecular formula is C20H27NO2. The number of benzene rings is 2. The van der Waals surface area contributed by atoms with E-state index >= 15 is 0 Å². The van der Waals surface area contributed by atoms with Gasteiger partial charge in [-0.25, -0.2) is 0 Å². The molecule has 0 saturated heterocycles. The first kappa shape index (κ1) is 17.4. The van der Waals surface area contributed by atoms with Gasteiger partial charge in [0.15, 0.2) is 0 Å². The molecule has 124 valence electrons. The van der Waals surface area contributed by atoms with Crippen molar-refractivity contribution in [2.75, 3.05) is 13.2 Å². The molecule has 0 aromatic heterocycles. The van der Waals surface area contributed by atoms with Gasteiger partial charge in [0.25, 0.3) is 0 Å². The van der Waals surface area contributed by atoms with Gasteiger partial charge in [-0.1, -0.05) is 31.2 Å². The van der Waals surface area contributed by atoms with E-state index in [2.05, 4.69) is 19.2 Å². The second kappa shape index (κ2) is 9.90. The van der Waals surface area contributed by atoms with Gasteiger partial charge >= 0.3 is 0 Å². The van der Waals surface area contributed by atoms with Gasteiger partial charge in [0.1, 0.15) is 17.2 Å². The molecule has 0 amide bonds. The third-order valence-corrected chi connectivity index (χ3v) is 3.73. The van der Waals surface area contributed by atoms with Crippen LogP contribution in [-0.2, 0) is 0 Å². The van der Waals surface area contributed by atoms with Crippen LogP contribution in [0.2, 0.25) is 0 Å². The van der Waals surface area contributed by atoms with Gasteiger partial charge in [0.05, 0.1) is 6.61 Å². The first-order valence-corrected chi connectivity index (χ1v) is 8.47. The summed E-state index contributed by atoms with van der Waals surface area (Å²) >= 11 is 0. The standard InChI is InChI=1S/C20H27NO2/c1-3-17(2)21-14-7-8-15-22-19-12-9-13-20(16-19)23-18-10-5-4-6-11-18/h4-6,9-13,16-17,21H,3,7-8,14-15H2,1-2H3. The van der Waals surface area contributed by atoms with Crippen LogP contribution in [0, 0.1) is 0 Å². The van der Waals surface area contributed by atoms with E-state index < -0.39 is 0 Å². The fourth-order valence-electron chi connectivity index (χ4n) is 2.16. The molecule has 1 N–H and O–H groups in total. The quantitative estimate of drug-likeness (QED) is 0.624. The van der Waals surface area contributed by atoms with E-state index in [1.165, 1.54) is 6.42 Å². The van der Waals surface area contributed by atoms with Gasteiger partial charge in [-0.15, -0.1) is 0 Å². The van der Waals surface area contributed by atoms with E-state index in [0.717, 1.165) is 43.2 Å². The summed E-state index contributed by atoms with van der Waals surface area (Å²) < 4.78 is 11.6. The summed E-state index contributed by atoms with van der Waals surface area (Å²) in [6.45, 7) is 6.20. The zero-order chi connectivity index (χ0) is 16.3. The Morgan fingerprint density at radius 3 is 2.43 bits per heavy atom. The van der Waals surface area contributed by atoms with Crippen molar-refractivity contribution in [3.05, 3.63) is 54.6 Å². The van der Waals surface area contributed by atoms with E-state index in [1.807, 2.05) is 54.6 Å². The SMILES string of the molecule is CCC(C)NCCCCOc1cccc(Oc2ccccc2)c1. The van der Waals surface area contributed by atoms with Crippen LogP contribution in [0.1, 0.15) is 33.1 Å². The highest BCUT2D eigenvalue weighted by molar-refractivity contribution is 5.36. The molecular weight excluding hydrogens is 286 g/mol. The van der Waals surface area contributed by atoms with Crippen LogP contribution in [0.5, 0.6) is 17.2 Å². The Labute approximate surface area is 139 Å².